The molecule has 0 fully saturated rings. The van der Waals surface area contributed by atoms with Gasteiger partial charge in [0.2, 0.25) is 0 Å². The molecule has 1 unspecified atom stereocenters. The van der Waals surface area contributed by atoms with Crippen LogP contribution in [0.2, 0.25) is 0 Å². The number of halogens is 2. The number of methoxy groups -OCH3 is 1. The zero-order valence-corrected chi connectivity index (χ0v) is 12.6. The Morgan fingerprint density at radius 2 is 1.95 bits per heavy atom. The van der Waals surface area contributed by atoms with Crippen molar-refractivity contribution in [2.24, 2.45) is 0 Å². The molecular weight excluding hydrogens is 307 g/mol. The van der Waals surface area contributed by atoms with Crippen molar-refractivity contribution in [3.8, 4) is 5.75 Å². The van der Waals surface area contributed by atoms with Gasteiger partial charge in [-0.1, -0.05) is 46.3 Å². The Morgan fingerprint density at radius 1 is 1.21 bits per heavy atom. The van der Waals surface area contributed by atoms with Crippen molar-refractivity contribution in [2.75, 3.05) is 7.11 Å². The van der Waals surface area contributed by atoms with Crippen LogP contribution in [0.5, 0.6) is 5.75 Å². The van der Waals surface area contributed by atoms with Crippen molar-refractivity contribution in [1.29, 1.82) is 0 Å². The molecule has 0 amide bonds. The van der Waals surface area contributed by atoms with E-state index in [9.17, 15) is 4.39 Å². The number of rotatable bonds is 4. The molecule has 0 spiro atoms. The normalized spacial score (nSPS) is 12.2. The highest BCUT2D eigenvalue weighted by atomic mass is 79.9. The number of aryl methyl sites for hydroxylation is 1. The van der Waals surface area contributed by atoms with Crippen LogP contribution < -0.4 is 4.74 Å². The van der Waals surface area contributed by atoms with Crippen molar-refractivity contribution < 1.29 is 9.13 Å². The van der Waals surface area contributed by atoms with Crippen LogP contribution in [0.25, 0.3) is 0 Å². The number of para-hydroxylation sites is 1. The average Bonchev–Trinajstić information content (AvgIpc) is 2.42. The van der Waals surface area contributed by atoms with Gasteiger partial charge in [-0.05, 0) is 42.2 Å². The molecule has 2 rings (SSSR count). The largest absolute Gasteiger partial charge is 0.496 e. The SMILES string of the molecule is COc1ccccc1CC(Br)c1ccc(C)c(F)c1. The van der Waals surface area contributed by atoms with Gasteiger partial charge in [-0.3, -0.25) is 0 Å². The molecule has 2 aromatic carbocycles. The van der Waals surface area contributed by atoms with Crippen LogP contribution in [0.15, 0.2) is 42.5 Å². The number of ether oxygens (including phenoxy) is 1. The Bertz CT molecular complexity index is 568. The maximum absolute atomic E-state index is 13.6. The van der Waals surface area contributed by atoms with Crippen LogP contribution in [0.4, 0.5) is 4.39 Å². The topological polar surface area (TPSA) is 9.23 Å². The van der Waals surface area contributed by atoms with E-state index in [2.05, 4.69) is 15.9 Å². The molecule has 0 saturated heterocycles. The second-order valence-electron chi connectivity index (χ2n) is 4.49. The first-order valence-electron chi connectivity index (χ1n) is 6.14. The highest BCUT2D eigenvalue weighted by Crippen LogP contribution is 2.31. The molecule has 2 aromatic rings. The van der Waals surface area contributed by atoms with E-state index in [-0.39, 0.29) is 10.6 Å². The Hall–Kier alpha value is -1.35. The van der Waals surface area contributed by atoms with Gasteiger partial charge in [0.15, 0.2) is 0 Å². The van der Waals surface area contributed by atoms with E-state index in [1.807, 2.05) is 30.3 Å². The standard InChI is InChI=1S/C16H16BrFO/c1-11-7-8-12(10-15(11)18)14(17)9-13-5-3-4-6-16(13)19-2/h3-8,10,14H,9H2,1-2H3. The van der Waals surface area contributed by atoms with E-state index < -0.39 is 0 Å². The summed E-state index contributed by atoms with van der Waals surface area (Å²) in [6.45, 7) is 1.77. The van der Waals surface area contributed by atoms with E-state index in [4.69, 9.17) is 4.74 Å². The summed E-state index contributed by atoms with van der Waals surface area (Å²) in [5.41, 5.74) is 2.71. The number of alkyl halides is 1. The molecule has 0 aliphatic carbocycles. The minimum absolute atomic E-state index is 0.0684. The maximum Gasteiger partial charge on any atom is 0.126 e. The van der Waals surface area contributed by atoms with Gasteiger partial charge in [0.25, 0.3) is 0 Å². The third-order valence-corrected chi connectivity index (χ3v) is 4.00. The Balaban J connectivity index is 2.20. The third-order valence-electron chi connectivity index (χ3n) is 3.15. The minimum atomic E-state index is -0.165. The summed E-state index contributed by atoms with van der Waals surface area (Å²) in [4.78, 5) is 0.0684. The zero-order valence-electron chi connectivity index (χ0n) is 11.0. The second-order valence-corrected chi connectivity index (χ2v) is 5.60. The van der Waals surface area contributed by atoms with Crippen molar-refractivity contribution in [1.82, 2.24) is 0 Å². The fraction of sp³-hybridized carbons (Fsp3) is 0.250. The first-order chi connectivity index (χ1) is 9.11. The van der Waals surface area contributed by atoms with E-state index >= 15 is 0 Å². The fourth-order valence-electron chi connectivity index (χ4n) is 1.99. The van der Waals surface area contributed by atoms with Gasteiger partial charge in [-0.2, -0.15) is 0 Å². The second kappa shape index (κ2) is 6.20. The third kappa shape index (κ3) is 3.35. The Morgan fingerprint density at radius 3 is 2.63 bits per heavy atom. The van der Waals surface area contributed by atoms with Crippen molar-refractivity contribution in [3.63, 3.8) is 0 Å². The van der Waals surface area contributed by atoms with Gasteiger partial charge in [-0.15, -0.1) is 0 Å². The van der Waals surface area contributed by atoms with Gasteiger partial charge < -0.3 is 4.74 Å². The molecule has 0 aliphatic heterocycles. The molecule has 0 aromatic heterocycles. The van der Waals surface area contributed by atoms with Crippen LogP contribution >= 0.6 is 15.9 Å². The van der Waals surface area contributed by atoms with Gasteiger partial charge >= 0.3 is 0 Å². The lowest BCUT2D eigenvalue weighted by atomic mass is 10.0. The van der Waals surface area contributed by atoms with Crippen LogP contribution in [0.3, 0.4) is 0 Å². The molecule has 0 saturated carbocycles. The molecule has 1 nitrogen and oxygen atoms in total. The summed E-state index contributed by atoms with van der Waals surface area (Å²) in [5.74, 6) is 0.696. The molecule has 0 aliphatic rings. The Kier molecular flexibility index (Phi) is 4.59. The van der Waals surface area contributed by atoms with Crippen LogP contribution in [0, 0.1) is 12.7 Å². The highest BCUT2D eigenvalue weighted by molar-refractivity contribution is 9.09. The minimum Gasteiger partial charge on any atom is -0.496 e. The first-order valence-corrected chi connectivity index (χ1v) is 7.05. The zero-order chi connectivity index (χ0) is 13.8. The smallest absolute Gasteiger partial charge is 0.126 e. The Labute approximate surface area is 121 Å². The lowest BCUT2D eigenvalue weighted by Crippen LogP contribution is -1.99. The first kappa shape index (κ1) is 14.1. The van der Waals surface area contributed by atoms with E-state index in [1.165, 1.54) is 0 Å². The monoisotopic (exact) mass is 322 g/mol. The molecule has 100 valence electrons. The summed E-state index contributed by atoms with van der Waals surface area (Å²) in [7, 11) is 1.66. The number of benzene rings is 2. The summed E-state index contributed by atoms with van der Waals surface area (Å²) < 4.78 is 18.9. The van der Waals surface area contributed by atoms with Gasteiger partial charge in [0, 0.05) is 4.83 Å². The van der Waals surface area contributed by atoms with Crippen LogP contribution in [-0.4, -0.2) is 7.11 Å². The van der Waals surface area contributed by atoms with Crippen LogP contribution in [0.1, 0.15) is 21.5 Å². The van der Waals surface area contributed by atoms with Crippen molar-refractivity contribution >= 4 is 15.9 Å². The summed E-state index contributed by atoms with van der Waals surface area (Å²) in [5, 5.41) is 0. The van der Waals surface area contributed by atoms with Gasteiger partial charge in [0.1, 0.15) is 11.6 Å². The molecular formula is C16H16BrFO. The number of hydrogen-bond donors (Lipinski definition) is 0. The summed E-state index contributed by atoms with van der Waals surface area (Å²) in [6, 6.07) is 13.2. The predicted octanol–water partition coefficient (Wildman–Crippen LogP) is 4.82. The summed E-state index contributed by atoms with van der Waals surface area (Å²) >= 11 is 3.62. The van der Waals surface area contributed by atoms with E-state index in [0.29, 0.717) is 5.56 Å². The molecule has 0 radical (unpaired) electrons. The molecule has 3 heteroatoms. The maximum atomic E-state index is 13.6. The highest BCUT2D eigenvalue weighted by Gasteiger charge is 2.12. The lowest BCUT2D eigenvalue weighted by molar-refractivity contribution is 0.409. The molecule has 0 heterocycles. The summed E-state index contributed by atoms with van der Waals surface area (Å²) in [6.07, 6.45) is 0.756. The molecule has 19 heavy (non-hydrogen) atoms. The number of hydrogen-bond acceptors (Lipinski definition) is 1. The predicted molar refractivity (Wildman–Crippen MR) is 79.5 cm³/mol. The molecule has 0 N–H and O–H groups in total. The van der Waals surface area contributed by atoms with Crippen molar-refractivity contribution in [2.45, 2.75) is 18.2 Å². The molecule has 0 bridgehead atoms. The lowest BCUT2D eigenvalue weighted by Gasteiger charge is -2.13. The fourth-order valence-corrected chi connectivity index (χ4v) is 2.62. The van der Waals surface area contributed by atoms with Gasteiger partial charge in [0.05, 0.1) is 7.11 Å². The van der Waals surface area contributed by atoms with Crippen molar-refractivity contribution in [3.05, 3.63) is 65.0 Å². The van der Waals surface area contributed by atoms with Gasteiger partial charge in [-0.25, -0.2) is 4.39 Å². The van der Waals surface area contributed by atoms with E-state index in [0.717, 1.165) is 23.3 Å². The van der Waals surface area contributed by atoms with Crippen LogP contribution in [-0.2, 0) is 6.42 Å². The average molecular weight is 323 g/mol. The van der Waals surface area contributed by atoms with E-state index in [1.54, 1.807) is 26.2 Å². The molecule has 1 atom stereocenters. The quantitative estimate of drug-likeness (QED) is 0.733.